The number of anilines is 1. The fourth-order valence-corrected chi connectivity index (χ4v) is 3.05. The molecule has 100 valence electrons. The molecule has 1 aliphatic rings. The topological polar surface area (TPSA) is 38.5 Å². The lowest BCUT2D eigenvalue weighted by Gasteiger charge is -2.43. The second-order valence-corrected chi connectivity index (χ2v) is 5.92. The maximum absolute atomic E-state index is 6.14. The van der Waals surface area contributed by atoms with E-state index in [0.29, 0.717) is 18.0 Å². The molecule has 0 amide bonds. The third-order valence-electron chi connectivity index (χ3n) is 4.09. The number of methoxy groups -OCH3 is 1. The highest BCUT2D eigenvalue weighted by molar-refractivity contribution is 9.10. The number of piperidine rings is 1. The summed E-state index contributed by atoms with van der Waals surface area (Å²) in [6, 6.07) is 6.85. The van der Waals surface area contributed by atoms with Crippen LogP contribution in [-0.2, 0) is 0 Å². The van der Waals surface area contributed by atoms with Crippen LogP contribution in [0.1, 0.15) is 20.3 Å². The lowest BCUT2D eigenvalue weighted by atomic mass is 9.87. The van der Waals surface area contributed by atoms with Crippen LogP contribution < -0.4 is 15.4 Å². The highest BCUT2D eigenvalue weighted by Crippen LogP contribution is 2.35. The van der Waals surface area contributed by atoms with Crippen LogP contribution in [0.3, 0.4) is 0 Å². The summed E-state index contributed by atoms with van der Waals surface area (Å²) in [7, 11) is 1.70. The van der Waals surface area contributed by atoms with Crippen LogP contribution in [0.5, 0.6) is 5.75 Å². The van der Waals surface area contributed by atoms with Crippen molar-refractivity contribution in [2.75, 3.05) is 18.6 Å². The van der Waals surface area contributed by atoms with Gasteiger partial charge in [-0.15, -0.1) is 0 Å². The van der Waals surface area contributed by atoms with Gasteiger partial charge in [-0.3, -0.25) is 0 Å². The van der Waals surface area contributed by atoms with E-state index in [-0.39, 0.29) is 0 Å². The van der Waals surface area contributed by atoms with Gasteiger partial charge in [0.2, 0.25) is 0 Å². The maximum atomic E-state index is 6.14. The Labute approximate surface area is 117 Å². The average Bonchev–Trinajstić information content (AvgIpc) is 2.37. The molecule has 18 heavy (non-hydrogen) atoms. The van der Waals surface area contributed by atoms with Crippen molar-refractivity contribution in [1.82, 2.24) is 0 Å². The van der Waals surface area contributed by atoms with E-state index in [0.717, 1.165) is 23.2 Å². The molecule has 1 aromatic rings. The summed E-state index contributed by atoms with van der Waals surface area (Å²) in [5.74, 6) is 1.39. The van der Waals surface area contributed by atoms with Crippen molar-refractivity contribution in [1.29, 1.82) is 0 Å². The molecule has 0 bridgehead atoms. The number of rotatable bonds is 2. The largest absolute Gasteiger partial charge is 0.497 e. The highest BCUT2D eigenvalue weighted by atomic mass is 79.9. The number of nitrogens with two attached hydrogens (primary N) is 1. The molecule has 0 spiro atoms. The molecule has 1 aromatic carbocycles. The second-order valence-electron chi connectivity index (χ2n) is 5.06. The van der Waals surface area contributed by atoms with Gasteiger partial charge in [0, 0.05) is 29.2 Å². The highest BCUT2D eigenvalue weighted by Gasteiger charge is 2.31. The van der Waals surface area contributed by atoms with Crippen LogP contribution in [0.25, 0.3) is 0 Å². The Kier molecular flexibility index (Phi) is 4.17. The maximum Gasteiger partial charge on any atom is 0.121 e. The van der Waals surface area contributed by atoms with Gasteiger partial charge in [-0.05, 0) is 47.3 Å². The first-order chi connectivity index (χ1) is 8.54. The van der Waals surface area contributed by atoms with Crippen molar-refractivity contribution in [3.63, 3.8) is 0 Å². The number of nitrogens with zero attached hydrogens (tertiary/aromatic N) is 1. The van der Waals surface area contributed by atoms with E-state index in [9.17, 15) is 0 Å². The SMILES string of the molecule is COc1ccc(Br)c(N2CCC(N)C(C)C2C)c1. The normalized spacial score (nSPS) is 28.3. The second kappa shape index (κ2) is 5.49. The zero-order chi connectivity index (χ0) is 13.3. The van der Waals surface area contributed by atoms with Gasteiger partial charge < -0.3 is 15.4 Å². The molecule has 4 heteroatoms. The standard InChI is InChI=1S/C14H21BrN2O/c1-9-10(2)17(7-6-13(9)16)14-8-11(18-3)4-5-12(14)15/h4-5,8-10,13H,6-7,16H2,1-3H3. The summed E-state index contributed by atoms with van der Waals surface area (Å²) in [6.45, 7) is 5.48. The van der Waals surface area contributed by atoms with E-state index in [1.54, 1.807) is 7.11 Å². The Bertz CT molecular complexity index is 424. The lowest BCUT2D eigenvalue weighted by molar-refractivity contribution is 0.315. The molecule has 2 rings (SSSR count). The first kappa shape index (κ1) is 13.7. The summed E-state index contributed by atoms with van der Waals surface area (Å²) in [6.07, 6.45) is 1.04. The Hall–Kier alpha value is -0.740. The molecular weight excluding hydrogens is 292 g/mol. The van der Waals surface area contributed by atoms with Gasteiger partial charge in [-0.2, -0.15) is 0 Å². The van der Waals surface area contributed by atoms with Crippen molar-refractivity contribution in [2.24, 2.45) is 11.7 Å². The fraction of sp³-hybridized carbons (Fsp3) is 0.571. The lowest BCUT2D eigenvalue weighted by Crippen LogP contribution is -2.52. The monoisotopic (exact) mass is 312 g/mol. The smallest absolute Gasteiger partial charge is 0.121 e. The average molecular weight is 313 g/mol. The summed E-state index contributed by atoms with van der Waals surface area (Å²) < 4.78 is 6.42. The van der Waals surface area contributed by atoms with Gasteiger partial charge in [-0.25, -0.2) is 0 Å². The van der Waals surface area contributed by atoms with E-state index < -0.39 is 0 Å². The Morgan fingerprint density at radius 2 is 2.11 bits per heavy atom. The minimum absolute atomic E-state index is 0.306. The molecule has 3 atom stereocenters. The van der Waals surface area contributed by atoms with Gasteiger partial charge in [0.25, 0.3) is 0 Å². The van der Waals surface area contributed by atoms with Crippen molar-refractivity contribution >= 4 is 21.6 Å². The zero-order valence-electron chi connectivity index (χ0n) is 11.2. The molecule has 3 unspecified atom stereocenters. The van der Waals surface area contributed by atoms with Gasteiger partial charge in [0.05, 0.1) is 12.8 Å². The Balaban J connectivity index is 2.30. The molecule has 0 radical (unpaired) electrons. The van der Waals surface area contributed by atoms with Gasteiger partial charge in [0.1, 0.15) is 5.75 Å². The number of ether oxygens (including phenoxy) is 1. The molecular formula is C14H21BrN2O. The van der Waals surface area contributed by atoms with Crippen molar-refractivity contribution in [2.45, 2.75) is 32.4 Å². The van der Waals surface area contributed by atoms with Gasteiger partial charge in [-0.1, -0.05) is 6.92 Å². The minimum atomic E-state index is 0.306. The molecule has 2 N–H and O–H groups in total. The molecule has 1 fully saturated rings. The molecule has 1 saturated heterocycles. The van der Waals surface area contributed by atoms with E-state index in [4.69, 9.17) is 10.5 Å². The fourth-order valence-electron chi connectivity index (χ4n) is 2.58. The van der Waals surface area contributed by atoms with Crippen LogP contribution in [-0.4, -0.2) is 25.7 Å². The Morgan fingerprint density at radius 1 is 1.39 bits per heavy atom. The number of hydrogen-bond donors (Lipinski definition) is 1. The summed E-state index contributed by atoms with van der Waals surface area (Å²) in [4.78, 5) is 2.42. The minimum Gasteiger partial charge on any atom is -0.497 e. The van der Waals surface area contributed by atoms with Crippen LogP contribution >= 0.6 is 15.9 Å². The zero-order valence-corrected chi connectivity index (χ0v) is 12.8. The number of halogens is 1. The van der Waals surface area contributed by atoms with Crippen molar-refractivity contribution in [3.05, 3.63) is 22.7 Å². The first-order valence-electron chi connectivity index (χ1n) is 6.40. The first-order valence-corrected chi connectivity index (χ1v) is 7.19. The number of benzene rings is 1. The molecule has 0 aromatic heterocycles. The van der Waals surface area contributed by atoms with Gasteiger partial charge >= 0.3 is 0 Å². The van der Waals surface area contributed by atoms with Crippen molar-refractivity contribution < 1.29 is 4.74 Å². The van der Waals surface area contributed by atoms with Crippen LogP contribution in [0.4, 0.5) is 5.69 Å². The predicted octanol–water partition coefficient (Wildman–Crippen LogP) is 3.02. The number of hydrogen-bond acceptors (Lipinski definition) is 3. The third kappa shape index (κ3) is 2.50. The molecule has 3 nitrogen and oxygen atoms in total. The summed E-state index contributed by atoms with van der Waals surface area (Å²) in [5.41, 5.74) is 7.34. The van der Waals surface area contributed by atoms with Crippen LogP contribution in [0.2, 0.25) is 0 Å². The van der Waals surface area contributed by atoms with Crippen LogP contribution in [0, 0.1) is 5.92 Å². The Morgan fingerprint density at radius 3 is 2.78 bits per heavy atom. The van der Waals surface area contributed by atoms with E-state index in [2.05, 4.69) is 40.7 Å². The van der Waals surface area contributed by atoms with E-state index >= 15 is 0 Å². The molecule has 1 heterocycles. The molecule has 0 aliphatic carbocycles. The summed E-state index contributed by atoms with van der Waals surface area (Å²) in [5, 5.41) is 0. The van der Waals surface area contributed by atoms with Crippen LogP contribution in [0.15, 0.2) is 22.7 Å². The van der Waals surface area contributed by atoms with Gasteiger partial charge in [0.15, 0.2) is 0 Å². The van der Waals surface area contributed by atoms with E-state index in [1.165, 1.54) is 5.69 Å². The molecule has 0 saturated carbocycles. The quantitative estimate of drug-likeness (QED) is 0.912. The predicted molar refractivity (Wildman–Crippen MR) is 79.3 cm³/mol. The summed E-state index contributed by atoms with van der Waals surface area (Å²) >= 11 is 3.63. The van der Waals surface area contributed by atoms with Crippen molar-refractivity contribution in [3.8, 4) is 5.75 Å². The van der Waals surface area contributed by atoms with E-state index in [1.807, 2.05) is 12.1 Å². The third-order valence-corrected chi connectivity index (χ3v) is 4.76. The molecule has 1 aliphatic heterocycles.